The number of aromatic hydroxyl groups is 1. The number of carbonyl (C=O) groups excluding carboxylic acids is 4. The molecule has 5 N–H and O–H groups in total. The van der Waals surface area contributed by atoms with E-state index < -0.39 is 70.6 Å². The minimum Gasteiger partial charge on any atom is -0.768 e. The monoisotopic (exact) mass is 887 g/mol. The van der Waals surface area contributed by atoms with Gasteiger partial charge in [0.15, 0.2) is 0 Å². The highest BCUT2D eigenvalue weighted by Gasteiger charge is 2.38. The minimum atomic E-state index is -4.77. The summed E-state index contributed by atoms with van der Waals surface area (Å²) in [5, 5.41) is 21.9. The Morgan fingerprint density at radius 2 is 1.05 bits per heavy atom. The molecule has 20 heteroatoms. The van der Waals surface area contributed by atoms with Crippen molar-refractivity contribution in [1.29, 1.82) is 0 Å². The lowest BCUT2D eigenvalue weighted by atomic mass is 9.94. The van der Waals surface area contributed by atoms with E-state index in [0.717, 1.165) is 20.7 Å². The smallest absolute Gasteiger partial charge is 0.246 e. The molecule has 0 saturated carbocycles. The Bertz CT molecular complexity index is 2480. The van der Waals surface area contributed by atoms with Crippen LogP contribution in [0.25, 0.3) is 32.3 Å². The van der Waals surface area contributed by atoms with Gasteiger partial charge in [-0.25, -0.2) is 16.8 Å². The molecule has 0 saturated heterocycles. The molecular formula is C40H51N6O11S3-. The fourth-order valence-electron chi connectivity index (χ4n) is 6.85. The van der Waals surface area contributed by atoms with E-state index in [1.54, 1.807) is 27.7 Å². The number of hydrogen-bond acceptors (Lipinski definition) is 11. The number of benzene rings is 4. The van der Waals surface area contributed by atoms with Crippen LogP contribution in [-0.2, 0) is 50.3 Å². The van der Waals surface area contributed by atoms with Gasteiger partial charge in [-0.1, -0.05) is 45.2 Å². The summed E-state index contributed by atoms with van der Waals surface area (Å²) in [6, 6.07) is 4.94. The molecule has 0 aliphatic carbocycles. The predicted molar refractivity (Wildman–Crippen MR) is 228 cm³/mol. The molecule has 0 bridgehead atoms. The number of amides is 4. The van der Waals surface area contributed by atoms with Crippen LogP contribution >= 0.6 is 0 Å². The number of phenolic OH excluding ortho intramolecular Hbond substituents is 1. The molecule has 0 spiro atoms. The average molecular weight is 888 g/mol. The quantitative estimate of drug-likeness (QED) is 0.0352. The summed E-state index contributed by atoms with van der Waals surface area (Å²) < 4.78 is 85.5. The Balaban J connectivity index is 1.84. The molecule has 4 aromatic rings. The van der Waals surface area contributed by atoms with Crippen LogP contribution in [0.15, 0.2) is 75.4 Å². The third-order valence-corrected chi connectivity index (χ3v) is 14.7. The van der Waals surface area contributed by atoms with E-state index in [2.05, 4.69) is 34.4 Å². The molecule has 326 valence electrons. The number of sulfonamides is 2. The largest absolute Gasteiger partial charge is 0.768 e. The van der Waals surface area contributed by atoms with Gasteiger partial charge >= 0.3 is 0 Å². The summed E-state index contributed by atoms with van der Waals surface area (Å²) in [6.45, 7) is 14.1. The first-order valence-corrected chi connectivity index (χ1v) is 23.0. The van der Waals surface area contributed by atoms with Crippen LogP contribution in [0.5, 0.6) is 5.75 Å². The van der Waals surface area contributed by atoms with Crippen LogP contribution < -0.4 is 21.3 Å². The van der Waals surface area contributed by atoms with Gasteiger partial charge in [-0.3, -0.25) is 23.4 Å². The van der Waals surface area contributed by atoms with E-state index in [9.17, 15) is 49.9 Å². The molecule has 0 aromatic heterocycles. The van der Waals surface area contributed by atoms with Crippen LogP contribution in [0.1, 0.15) is 53.4 Å². The van der Waals surface area contributed by atoms with Gasteiger partial charge in [0.05, 0.1) is 9.79 Å². The van der Waals surface area contributed by atoms with Crippen LogP contribution in [0.3, 0.4) is 0 Å². The van der Waals surface area contributed by atoms with Crippen molar-refractivity contribution in [2.75, 3.05) is 40.3 Å². The van der Waals surface area contributed by atoms with Crippen molar-refractivity contribution < 1.29 is 49.9 Å². The van der Waals surface area contributed by atoms with Crippen molar-refractivity contribution in [3.8, 4) is 5.75 Å². The zero-order valence-electron chi connectivity index (χ0n) is 34.3. The van der Waals surface area contributed by atoms with Crippen LogP contribution in [0.4, 0.5) is 0 Å². The maximum Gasteiger partial charge on any atom is 0.246 e. The highest BCUT2D eigenvalue weighted by molar-refractivity contribution is 7.90. The molecule has 4 rings (SSSR count). The minimum absolute atomic E-state index is 0.00773. The Labute approximate surface area is 352 Å². The first-order chi connectivity index (χ1) is 28.1. The number of likely N-dealkylation sites (N-methyl/N-ethyl adjacent to an activating group) is 2. The molecule has 3 unspecified atom stereocenters. The summed E-state index contributed by atoms with van der Waals surface area (Å²) in [5.41, 5.74) is 0.628. The van der Waals surface area contributed by atoms with Gasteiger partial charge in [-0.05, 0) is 74.2 Å². The first-order valence-electron chi connectivity index (χ1n) is 19.1. The molecule has 4 aromatic carbocycles. The molecule has 0 radical (unpaired) electrons. The first kappa shape index (κ1) is 47.7. The fourth-order valence-corrected chi connectivity index (χ4v) is 10.7. The molecule has 4 amide bonds. The van der Waals surface area contributed by atoms with E-state index in [1.807, 2.05) is 0 Å². The number of nitrogens with zero attached hydrogens (tertiary/aromatic N) is 2. The van der Waals surface area contributed by atoms with E-state index >= 15 is 0 Å². The Morgan fingerprint density at radius 3 is 1.43 bits per heavy atom. The topological polar surface area (TPSA) is 252 Å². The van der Waals surface area contributed by atoms with Gasteiger partial charge in [0.2, 0.25) is 43.7 Å². The van der Waals surface area contributed by atoms with Gasteiger partial charge in [0, 0.05) is 83.2 Å². The summed E-state index contributed by atoms with van der Waals surface area (Å²) in [4.78, 5) is 49.2. The third-order valence-electron chi connectivity index (χ3n) is 10.2. The second kappa shape index (κ2) is 19.6. The third kappa shape index (κ3) is 9.79. The number of phenols is 1. The van der Waals surface area contributed by atoms with E-state index in [-0.39, 0.29) is 88.0 Å². The van der Waals surface area contributed by atoms with Gasteiger partial charge in [-0.15, -0.1) is 0 Å². The van der Waals surface area contributed by atoms with E-state index in [4.69, 9.17) is 0 Å². The van der Waals surface area contributed by atoms with E-state index in [1.165, 1.54) is 38.4 Å². The van der Waals surface area contributed by atoms with Crippen LogP contribution in [-0.4, -0.2) is 115 Å². The molecule has 60 heavy (non-hydrogen) atoms. The lowest BCUT2D eigenvalue weighted by molar-refractivity contribution is -0.125. The highest BCUT2D eigenvalue weighted by atomic mass is 32.2. The maximum atomic E-state index is 14.8. The Hall–Kier alpha value is -4.99. The summed E-state index contributed by atoms with van der Waals surface area (Å²) >= 11 is -2.88. The zero-order chi connectivity index (χ0) is 44.9. The normalized spacial score (nSPS) is 13.7. The standard InChI is InChI=1S/C40H52N6O11S3/c1-9-29(39(50)43-19-11-17-41-37(48)23(3)4)45(7)59(54,55)33-22-34(60(56,57)46(8)30(10-2)40(51)44-20-12-18-42-38(49)24(5)6)28-16-14-26-32(58(52)53)21-31(47)25-13-15-27(33)36(28)35(25)26/h13-16,21-22,29-30,47H,3,5,9-12,17-20H2,1-2,4,6-8H3,(H,41,48)(H,42,49)(H,43,50)(H,44,51)(H,52,53)/p-1. The second-order valence-corrected chi connectivity index (χ2v) is 19.2. The van der Waals surface area contributed by atoms with Gasteiger partial charge in [0.1, 0.15) is 17.8 Å². The fraction of sp³-hybridized carbons (Fsp3) is 0.400. The van der Waals surface area contributed by atoms with Crippen LogP contribution in [0.2, 0.25) is 0 Å². The molecule has 0 aliphatic rings. The Morgan fingerprint density at radius 1 is 0.683 bits per heavy atom. The average Bonchev–Trinajstić information content (AvgIpc) is 3.19. The van der Waals surface area contributed by atoms with Crippen molar-refractivity contribution >= 4 is 87.1 Å². The van der Waals surface area contributed by atoms with Gasteiger partial charge < -0.3 is 30.9 Å². The number of carbonyl (C=O) groups is 4. The Kier molecular flexibility index (Phi) is 15.6. The van der Waals surface area contributed by atoms with Crippen molar-refractivity contribution in [2.45, 2.75) is 80.1 Å². The predicted octanol–water partition coefficient (Wildman–Crippen LogP) is 2.72. The van der Waals surface area contributed by atoms with Gasteiger partial charge in [0.25, 0.3) is 0 Å². The number of hydrogen-bond donors (Lipinski definition) is 5. The molecule has 0 fully saturated rings. The van der Waals surface area contributed by atoms with Crippen molar-refractivity contribution in [1.82, 2.24) is 29.9 Å². The van der Waals surface area contributed by atoms with E-state index in [0.29, 0.717) is 24.0 Å². The summed E-state index contributed by atoms with van der Waals surface area (Å²) in [6.07, 6.45) is 0.672. The zero-order valence-corrected chi connectivity index (χ0v) is 36.8. The lowest BCUT2D eigenvalue weighted by Gasteiger charge is -2.29. The molecule has 0 heterocycles. The molecule has 17 nitrogen and oxygen atoms in total. The lowest BCUT2D eigenvalue weighted by Crippen LogP contribution is -2.48. The number of nitrogens with one attached hydrogen (secondary N) is 4. The number of rotatable bonds is 21. The molecule has 0 aliphatic heterocycles. The second-order valence-electron chi connectivity index (χ2n) is 14.3. The van der Waals surface area contributed by atoms with Crippen LogP contribution in [0, 0.1) is 0 Å². The summed E-state index contributed by atoms with van der Waals surface area (Å²) in [7, 11) is -7.18. The maximum absolute atomic E-state index is 14.8. The summed E-state index contributed by atoms with van der Waals surface area (Å²) in [5.74, 6) is -2.45. The molecule has 3 atom stereocenters. The SMILES string of the molecule is C=C(C)C(=O)NCCCNC(=O)C(CC)N(C)S(=O)(=O)c1cc(S(=O)(=O)N(C)C(CC)C(=O)NCCCNC(=O)C(=C)C)c2ccc3c(S(=O)[O-])cc(O)c4ccc1c2c43. The van der Waals surface area contributed by atoms with Crippen molar-refractivity contribution in [3.05, 3.63) is 60.7 Å². The molecular weight excluding hydrogens is 837 g/mol. The van der Waals surface area contributed by atoms with Crippen molar-refractivity contribution in [3.63, 3.8) is 0 Å². The highest BCUT2D eigenvalue weighted by Crippen LogP contribution is 2.45. The van der Waals surface area contributed by atoms with Crippen molar-refractivity contribution in [2.24, 2.45) is 0 Å². The van der Waals surface area contributed by atoms with Gasteiger partial charge in [-0.2, -0.15) is 8.61 Å².